The number of urea groups is 1. The average Bonchev–Trinajstić information content (AvgIpc) is 2.76. The highest BCUT2D eigenvalue weighted by Gasteiger charge is 2.19. The van der Waals surface area contributed by atoms with Crippen molar-refractivity contribution in [1.29, 1.82) is 0 Å². The molecule has 0 aliphatic heterocycles. The molecule has 2 N–H and O–H groups in total. The summed E-state index contributed by atoms with van der Waals surface area (Å²) < 4.78 is 1.11. The summed E-state index contributed by atoms with van der Waals surface area (Å²) in [6.07, 6.45) is 0. The van der Waals surface area contributed by atoms with E-state index in [1.54, 1.807) is 32.2 Å². The summed E-state index contributed by atoms with van der Waals surface area (Å²) in [5.74, 6) is 0. The Hall–Kier alpha value is -1.66. The van der Waals surface area contributed by atoms with Crippen LogP contribution < -0.4 is 5.32 Å². The number of rotatable bonds is 4. The van der Waals surface area contributed by atoms with Crippen LogP contribution in [0.2, 0.25) is 0 Å². The van der Waals surface area contributed by atoms with Gasteiger partial charge in [0.25, 0.3) is 0 Å². The van der Waals surface area contributed by atoms with Gasteiger partial charge in [-0.1, -0.05) is 12.1 Å². The zero-order valence-electron chi connectivity index (χ0n) is 11.9. The van der Waals surface area contributed by atoms with Gasteiger partial charge in [-0.3, -0.25) is 0 Å². The molecule has 5 nitrogen and oxygen atoms in total. The van der Waals surface area contributed by atoms with E-state index in [1.165, 1.54) is 4.90 Å². The second-order valence-electron chi connectivity index (χ2n) is 5.40. The van der Waals surface area contributed by atoms with Crippen molar-refractivity contribution in [3.63, 3.8) is 0 Å². The Morgan fingerprint density at radius 3 is 2.80 bits per heavy atom. The van der Waals surface area contributed by atoms with Gasteiger partial charge in [0.2, 0.25) is 0 Å². The van der Waals surface area contributed by atoms with E-state index in [9.17, 15) is 9.90 Å². The summed E-state index contributed by atoms with van der Waals surface area (Å²) in [4.78, 5) is 17.8. The Kier molecular flexibility index (Phi) is 4.25. The lowest BCUT2D eigenvalue weighted by Crippen LogP contribution is -2.44. The van der Waals surface area contributed by atoms with E-state index in [4.69, 9.17) is 0 Å². The van der Waals surface area contributed by atoms with Crippen LogP contribution in [0, 0.1) is 0 Å². The molecule has 0 radical (unpaired) electrons. The summed E-state index contributed by atoms with van der Waals surface area (Å²) in [6.45, 7) is 4.02. The number of nitrogens with zero attached hydrogens (tertiary/aromatic N) is 2. The Labute approximate surface area is 122 Å². The first-order chi connectivity index (χ1) is 9.35. The van der Waals surface area contributed by atoms with Crippen LogP contribution in [-0.4, -0.2) is 40.2 Å². The lowest BCUT2D eigenvalue weighted by molar-refractivity contribution is 0.0531. The number of para-hydroxylation sites is 1. The molecule has 0 saturated carbocycles. The Morgan fingerprint density at radius 1 is 1.45 bits per heavy atom. The first kappa shape index (κ1) is 14.7. The van der Waals surface area contributed by atoms with Gasteiger partial charge in [0.1, 0.15) is 5.01 Å². The van der Waals surface area contributed by atoms with Crippen molar-refractivity contribution >= 4 is 27.6 Å². The summed E-state index contributed by atoms with van der Waals surface area (Å²) in [5.41, 5.74) is 0.0497. The number of benzene rings is 1. The van der Waals surface area contributed by atoms with Crippen molar-refractivity contribution in [3.8, 4) is 0 Å². The van der Waals surface area contributed by atoms with Crippen molar-refractivity contribution in [1.82, 2.24) is 15.2 Å². The van der Waals surface area contributed by atoms with Crippen LogP contribution in [0.5, 0.6) is 0 Å². The molecule has 0 bridgehead atoms. The first-order valence-electron chi connectivity index (χ1n) is 6.41. The summed E-state index contributed by atoms with van der Waals surface area (Å²) in [7, 11) is 1.66. The van der Waals surface area contributed by atoms with Crippen molar-refractivity contribution in [2.24, 2.45) is 0 Å². The fraction of sp³-hybridized carbons (Fsp3) is 0.429. The highest BCUT2D eigenvalue weighted by molar-refractivity contribution is 7.18. The molecule has 1 heterocycles. The molecule has 0 unspecified atom stereocenters. The van der Waals surface area contributed by atoms with Gasteiger partial charge in [-0.2, -0.15) is 0 Å². The average molecular weight is 293 g/mol. The maximum Gasteiger partial charge on any atom is 0.317 e. The van der Waals surface area contributed by atoms with Crippen LogP contribution >= 0.6 is 11.3 Å². The molecular formula is C14H19N3O2S. The number of thiazole rings is 1. The molecule has 2 aromatic rings. The molecule has 0 fully saturated rings. The van der Waals surface area contributed by atoms with E-state index in [0.29, 0.717) is 6.54 Å². The monoisotopic (exact) mass is 293 g/mol. The smallest absolute Gasteiger partial charge is 0.317 e. The molecule has 2 rings (SSSR count). The van der Waals surface area contributed by atoms with E-state index in [2.05, 4.69) is 10.3 Å². The van der Waals surface area contributed by atoms with Crippen molar-refractivity contribution < 1.29 is 9.90 Å². The van der Waals surface area contributed by atoms with Crippen molar-refractivity contribution in [2.75, 3.05) is 13.6 Å². The number of nitrogens with one attached hydrogen (secondary N) is 1. The van der Waals surface area contributed by atoms with E-state index in [1.807, 2.05) is 24.3 Å². The zero-order chi connectivity index (χ0) is 14.8. The number of likely N-dealkylation sites (N-methyl/N-ethyl adjacent to an activating group) is 1. The van der Waals surface area contributed by atoms with Crippen LogP contribution in [-0.2, 0) is 6.54 Å². The molecule has 0 spiro atoms. The topological polar surface area (TPSA) is 65.5 Å². The largest absolute Gasteiger partial charge is 0.389 e. The first-order valence-corrected chi connectivity index (χ1v) is 7.22. The van der Waals surface area contributed by atoms with Gasteiger partial charge in [0, 0.05) is 7.05 Å². The lowest BCUT2D eigenvalue weighted by atomic mass is 10.1. The standard InChI is InChI=1S/C14H19N3O2S/c1-14(2,19)9-17(3)13(18)15-8-12-16-10-6-4-5-7-11(10)20-12/h4-7,19H,8-9H2,1-3H3,(H,15,18). The molecule has 1 aromatic carbocycles. The van der Waals surface area contributed by atoms with Crippen LogP contribution in [0.3, 0.4) is 0 Å². The highest BCUT2D eigenvalue weighted by Crippen LogP contribution is 2.21. The quantitative estimate of drug-likeness (QED) is 0.908. The van der Waals surface area contributed by atoms with Gasteiger partial charge in [0.15, 0.2) is 0 Å². The van der Waals surface area contributed by atoms with E-state index >= 15 is 0 Å². The number of hydrogen-bond acceptors (Lipinski definition) is 4. The number of carbonyl (C=O) groups excluding carboxylic acids is 1. The van der Waals surface area contributed by atoms with Crippen LogP contribution in [0.4, 0.5) is 4.79 Å². The predicted octanol–water partition coefficient (Wildman–Crippen LogP) is 2.21. The van der Waals surface area contributed by atoms with Gasteiger partial charge < -0.3 is 15.3 Å². The van der Waals surface area contributed by atoms with E-state index < -0.39 is 5.60 Å². The molecule has 0 atom stereocenters. The van der Waals surface area contributed by atoms with Gasteiger partial charge in [0.05, 0.1) is 28.9 Å². The number of aromatic nitrogens is 1. The SMILES string of the molecule is CN(CC(C)(C)O)C(=O)NCc1nc2ccccc2s1. The van der Waals surface area contributed by atoms with Crippen molar-refractivity contribution in [2.45, 2.75) is 26.0 Å². The number of amides is 2. The zero-order valence-corrected chi connectivity index (χ0v) is 12.7. The Bertz CT molecular complexity index is 571. The lowest BCUT2D eigenvalue weighted by Gasteiger charge is -2.25. The van der Waals surface area contributed by atoms with Crippen LogP contribution in [0.15, 0.2) is 24.3 Å². The number of carbonyl (C=O) groups is 1. The fourth-order valence-electron chi connectivity index (χ4n) is 1.93. The number of aliphatic hydroxyl groups is 1. The molecule has 0 saturated heterocycles. The molecule has 6 heteroatoms. The fourth-order valence-corrected chi connectivity index (χ4v) is 2.84. The third-order valence-electron chi connectivity index (χ3n) is 2.70. The van der Waals surface area contributed by atoms with Gasteiger partial charge in [-0.05, 0) is 26.0 Å². The molecule has 20 heavy (non-hydrogen) atoms. The molecule has 1 aromatic heterocycles. The maximum absolute atomic E-state index is 11.9. The van der Waals surface area contributed by atoms with Crippen molar-refractivity contribution in [3.05, 3.63) is 29.3 Å². The number of fused-ring (bicyclic) bond motifs is 1. The molecular weight excluding hydrogens is 274 g/mol. The van der Waals surface area contributed by atoms with Gasteiger partial charge >= 0.3 is 6.03 Å². The second kappa shape index (κ2) is 5.76. The number of hydrogen-bond donors (Lipinski definition) is 2. The third kappa shape index (κ3) is 3.91. The minimum atomic E-state index is -0.901. The van der Waals surface area contributed by atoms with Gasteiger partial charge in [-0.15, -0.1) is 11.3 Å². The minimum Gasteiger partial charge on any atom is -0.389 e. The third-order valence-corrected chi connectivity index (χ3v) is 3.74. The molecule has 0 aliphatic rings. The van der Waals surface area contributed by atoms with E-state index in [-0.39, 0.29) is 12.6 Å². The normalized spacial score (nSPS) is 11.6. The second-order valence-corrected chi connectivity index (χ2v) is 6.52. The van der Waals surface area contributed by atoms with Crippen LogP contribution in [0.25, 0.3) is 10.2 Å². The molecule has 108 valence electrons. The Morgan fingerprint density at radius 2 is 2.15 bits per heavy atom. The minimum absolute atomic E-state index is 0.216. The summed E-state index contributed by atoms with van der Waals surface area (Å²) >= 11 is 1.57. The van der Waals surface area contributed by atoms with Gasteiger partial charge in [-0.25, -0.2) is 9.78 Å². The summed E-state index contributed by atoms with van der Waals surface area (Å²) in [5, 5.41) is 13.4. The highest BCUT2D eigenvalue weighted by atomic mass is 32.1. The van der Waals surface area contributed by atoms with E-state index in [0.717, 1.165) is 15.2 Å². The molecule has 2 amide bonds. The Balaban J connectivity index is 1.93. The van der Waals surface area contributed by atoms with Crippen LogP contribution in [0.1, 0.15) is 18.9 Å². The predicted molar refractivity (Wildman–Crippen MR) is 80.8 cm³/mol. The molecule has 0 aliphatic carbocycles. The summed E-state index contributed by atoms with van der Waals surface area (Å²) in [6, 6.07) is 7.67. The maximum atomic E-state index is 11.9.